The molecule has 120 valence electrons. The topological polar surface area (TPSA) is 71.2 Å². The fraction of sp³-hybridized carbons (Fsp3) is 0.647. The lowest BCUT2D eigenvalue weighted by molar-refractivity contribution is 0.0854. The molecule has 0 aromatic carbocycles. The van der Waals surface area contributed by atoms with Gasteiger partial charge < -0.3 is 15.0 Å². The first-order valence-corrected chi connectivity index (χ1v) is 8.36. The van der Waals surface area contributed by atoms with E-state index < -0.39 is 0 Å². The molecule has 0 spiro atoms. The lowest BCUT2D eigenvalue weighted by Gasteiger charge is -2.19. The number of hydrogen-bond acceptors (Lipinski definition) is 3. The van der Waals surface area contributed by atoms with Gasteiger partial charge in [-0.05, 0) is 31.7 Å². The first kappa shape index (κ1) is 15.3. The number of rotatable bonds is 5. The quantitative estimate of drug-likeness (QED) is 0.822. The molecule has 0 unspecified atom stereocenters. The number of Topliss-reactive ketones (excluding diaryl/α,β-unsaturated/α-hetero) is 1. The summed E-state index contributed by atoms with van der Waals surface area (Å²) in [5.41, 5.74) is 1.09. The molecule has 2 aliphatic rings. The number of H-pyrrole nitrogens is 1. The minimum Gasteiger partial charge on any atom is -0.376 e. The van der Waals surface area contributed by atoms with Crippen molar-refractivity contribution >= 4 is 11.7 Å². The van der Waals surface area contributed by atoms with E-state index in [0.29, 0.717) is 17.8 Å². The zero-order valence-electron chi connectivity index (χ0n) is 12.9. The van der Waals surface area contributed by atoms with Gasteiger partial charge in [0.25, 0.3) is 5.91 Å². The number of nitrogens with one attached hydrogen (secondary N) is 2. The Kier molecular flexibility index (Phi) is 4.93. The highest BCUT2D eigenvalue weighted by Gasteiger charge is 2.24. The van der Waals surface area contributed by atoms with Gasteiger partial charge in [-0.1, -0.05) is 19.3 Å². The average molecular weight is 304 g/mol. The monoisotopic (exact) mass is 304 g/mol. The smallest absolute Gasteiger partial charge is 0.267 e. The molecule has 0 radical (unpaired) electrons. The molecule has 2 fully saturated rings. The van der Waals surface area contributed by atoms with Crippen molar-refractivity contribution in [3.05, 3.63) is 23.5 Å². The van der Waals surface area contributed by atoms with Gasteiger partial charge in [-0.15, -0.1) is 0 Å². The molecule has 1 saturated heterocycles. The highest BCUT2D eigenvalue weighted by molar-refractivity contribution is 6.01. The van der Waals surface area contributed by atoms with E-state index in [1.807, 2.05) is 0 Å². The first-order valence-electron chi connectivity index (χ1n) is 8.36. The Balaban J connectivity index is 1.55. The number of ketones is 1. The molecule has 1 atom stereocenters. The molecule has 1 aromatic heterocycles. The van der Waals surface area contributed by atoms with Gasteiger partial charge in [-0.2, -0.15) is 0 Å². The standard InChI is InChI=1S/C17H24N2O3/c20-16(12-5-2-1-3-6-12)13-9-15(18-10-13)17(21)19-11-14-7-4-8-22-14/h9-10,12,14,18H,1-8,11H2,(H,19,21)/t14-/m1/s1. The Labute approximate surface area is 130 Å². The summed E-state index contributed by atoms with van der Waals surface area (Å²) in [5, 5.41) is 2.87. The Morgan fingerprint density at radius 1 is 1.18 bits per heavy atom. The van der Waals surface area contributed by atoms with Gasteiger partial charge in [0.05, 0.1) is 6.10 Å². The van der Waals surface area contributed by atoms with E-state index in [0.717, 1.165) is 45.1 Å². The van der Waals surface area contributed by atoms with Crippen LogP contribution in [0.2, 0.25) is 0 Å². The summed E-state index contributed by atoms with van der Waals surface area (Å²) in [6.45, 7) is 1.31. The number of aromatic nitrogens is 1. The van der Waals surface area contributed by atoms with Gasteiger partial charge in [-0.25, -0.2) is 0 Å². The molecule has 1 aliphatic carbocycles. The predicted octanol–water partition coefficient (Wildman–Crippen LogP) is 2.69. The van der Waals surface area contributed by atoms with Crippen LogP contribution < -0.4 is 5.32 Å². The van der Waals surface area contributed by atoms with E-state index in [9.17, 15) is 9.59 Å². The maximum Gasteiger partial charge on any atom is 0.267 e. The van der Waals surface area contributed by atoms with Crippen molar-refractivity contribution in [3.8, 4) is 0 Å². The van der Waals surface area contributed by atoms with Crippen LogP contribution in [0.3, 0.4) is 0 Å². The third-order valence-corrected chi connectivity index (χ3v) is 4.70. The number of amides is 1. The van der Waals surface area contributed by atoms with Gasteiger partial charge in [0.1, 0.15) is 5.69 Å². The molecule has 5 heteroatoms. The fourth-order valence-electron chi connectivity index (χ4n) is 3.38. The average Bonchev–Trinajstić information content (AvgIpc) is 3.24. The number of aromatic amines is 1. The molecule has 2 N–H and O–H groups in total. The third kappa shape index (κ3) is 3.58. The minimum atomic E-state index is -0.168. The molecule has 1 aromatic rings. The zero-order chi connectivity index (χ0) is 15.4. The van der Waals surface area contributed by atoms with Gasteiger partial charge in [0.15, 0.2) is 5.78 Å². The van der Waals surface area contributed by atoms with Crippen molar-refractivity contribution in [2.24, 2.45) is 5.92 Å². The summed E-state index contributed by atoms with van der Waals surface area (Å²) >= 11 is 0. The van der Waals surface area contributed by atoms with Crippen molar-refractivity contribution in [2.45, 2.75) is 51.0 Å². The number of hydrogen-bond donors (Lipinski definition) is 2. The van der Waals surface area contributed by atoms with Crippen LogP contribution in [-0.2, 0) is 4.74 Å². The van der Waals surface area contributed by atoms with Gasteiger partial charge in [0, 0.05) is 30.8 Å². The molecule has 1 saturated carbocycles. The summed E-state index contributed by atoms with van der Waals surface area (Å²) < 4.78 is 5.48. The molecule has 1 aliphatic heterocycles. The second kappa shape index (κ2) is 7.09. The summed E-state index contributed by atoms with van der Waals surface area (Å²) in [5.74, 6) is 0.139. The summed E-state index contributed by atoms with van der Waals surface area (Å²) in [4.78, 5) is 27.5. The maximum absolute atomic E-state index is 12.4. The van der Waals surface area contributed by atoms with E-state index >= 15 is 0 Å². The normalized spacial score (nSPS) is 22.6. The lowest BCUT2D eigenvalue weighted by atomic mass is 9.84. The van der Waals surface area contributed by atoms with Crippen LogP contribution in [0.5, 0.6) is 0 Å². The van der Waals surface area contributed by atoms with Crippen molar-refractivity contribution < 1.29 is 14.3 Å². The first-order chi connectivity index (χ1) is 10.7. The van der Waals surface area contributed by atoms with Crippen molar-refractivity contribution in [1.82, 2.24) is 10.3 Å². The molecule has 2 heterocycles. The Bertz CT molecular complexity index is 526. The summed E-state index contributed by atoms with van der Waals surface area (Å²) in [6, 6.07) is 1.68. The van der Waals surface area contributed by atoms with Crippen LogP contribution in [0.25, 0.3) is 0 Å². The van der Waals surface area contributed by atoms with Crippen molar-refractivity contribution in [3.63, 3.8) is 0 Å². The Morgan fingerprint density at radius 2 is 2.00 bits per heavy atom. The molecule has 0 bridgehead atoms. The molecular weight excluding hydrogens is 280 g/mol. The van der Waals surface area contributed by atoms with E-state index in [-0.39, 0.29) is 23.7 Å². The van der Waals surface area contributed by atoms with Crippen LogP contribution in [-0.4, -0.2) is 35.9 Å². The Morgan fingerprint density at radius 3 is 2.73 bits per heavy atom. The van der Waals surface area contributed by atoms with Gasteiger partial charge in [0.2, 0.25) is 0 Å². The van der Waals surface area contributed by atoms with Crippen molar-refractivity contribution in [1.29, 1.82) is 0 Å². The van der Waals surface area contributed by atoms with Crippen LogP contribution in [0, 0.1) is 5.92 Å². The highest BCUT2D eigenvalue weighted by Crippen LogP contribution is 2.27. The molecular formula is C17H24N2O3. The highest BCUT2D eigenvalue weighted by atomic mass is 16.5. The molecule has 22 heavy (non-hydrogen) atoms. The number of carbonyl (C=O) groups is 2. The summed E-state index contributed by atoms with van der Waals surface area (Å²) in [6.07, 6.45) is 9.30. The predicted molar refractivity (Wildman–Crippen MR) is 83.0 cm³/mol. The van der Waals surface area contributed by atoms with Crippen LogP contribution in [0.15, 0.2) is 12.3 Å². The number of ether oxygens (including phenoxy) is 1. The second-order valence-corrected chi connectivity index (χ2v) is 6.35. The van der Waals surface area contributed by atoms with E-state index in [1.54, 1.807) is 12.3 Å². The molecule has 5 nitrogen and oxygen atoms in total. The summed E-state index contributed by atoms with van der Waals surface area (Å²) in [7, 11) is 0. The maximum atomic E-state index is 12.4. The number of carbonyl (C=O) groups excluding carboxylic acids is 2. The van der Waals surface area contributed by atoms with Crippen LogP contribution >= 0.6 is 0 Å². The third-order valence-electron chi connectivity index (χ3n) is 4.70. The zero-order valence-corrected chi connectivity index (χ0v) is 12.9. The largest absolute Gasteiger partial charge is 0.376 e. The van der Waals surface area contributed by atoms with Crippen LogP contribution in [0.4, 0.5) is 0 Å². The van der Waals surface area contributed by atoms with E-state index in [2.05, 4.69) is 10.3 Å². The molecule has 1 amide bonds. The lowest BCUT2D eigenvalue weighted by Crippen LogP contribution is -2.31. The SMILES string of the molecule is O=C(NC[C@H]1CCCO1)c1cc(C(=O)C2CCCCC2)c[nH]1. The van der Waals surface area contributed by atoms with Crippen LogP contribution in [0.1, 0.15) is 65.8 Å². The van der Waals surface area contributed by atoms with Crippen molar-refractivity contribution in [2.75, 3.05) is 13.2 Å². The van der Waals surface area contributed by atoms with Gasteiger partial charge in [-0.3, -0.25) is 9.59 Å². The van der Waals surface area contributed by atoms with E-state index in [1.165, 1.54) is 6.42 Å². The second-order valence-electron chi connectivity index (χ2n) is 6.35. The van der Waals surface area contributed by atoms with Gasteiger partial charge >= 0.3 is 0 Å². The Hall–Kier alpha value is -1.62. The minimum absolute atomic E-state index is 0.127. The van der Waals surface area contributed by atoms with E-state index in [4.69, 9.17) is 4.74 Å². The molecule has 3 rings (SSSR count). The fourth-order valence-corrected chi connectivity index (χ4v) is 3.38.